The summed E-state index contributed by atoms with van der Waals surface area (Å²) in [4.78, 5) is 5.40. The van der Waals surface area contributed by atoms with E-state index in [0.29, 0.717) is 5.56 Å². The van der Waals surface area contributed by atoms with Gasteiger partial charge in [-0.25, -0.2) is 9.71 Å². The first-order chi connectivity index (χ1) is 11.6. The van der Waals surface area contributed by atoms with Crippen LogP contribution in [0.5, 0.6) is 0 Å². The topological polar surface area (TPSA) is 83.8 Å². The summed E-state index contributed by atoms with van der Waals surface area (Å²) in [6, 6.07) is 17.1. The number of rotatable bonds is 5. The maximum Gasteiger partial charge on any atom is 0.187 e. The molecule has 0 fully saturated rings. The third-order valence-corrected chi connectivity index (χ3v) is 4.66. The minimum atomic E-state index is -1.11. The van der Waals surface area contributed by atoms with Crippen LogP contribution in [-0.2, 0) is 11.4 Å². The Hall–Kier alpha value is -2.53. The molecule has 2 aromatic carbocycles. The van der Waals surface area contributed by atoms with Crippen molar-refractivity contribution in [3.8, 4) is 16.5 Å². The van der Waals surface area contributed by atoms with Crippen LogP contribution in [0.2, 0.25) is 0 Å². The quantitative estimate of drug-likeness (QED) is 0.673. The van der Waals surface area contributed by atoms with E-state index >= 15 is 0 Å². The van der Waals surface area contributed by atoms with Gasteiger partial charge in [0.2, 0.25) is 0 Å². The van der Waals surface area contributed by atoms with Crippen LogP contribution in [0.4, 0.5) is 16.5 Å². The first-order valence-electron chi connectivity index (χ1n) is 7.07. The molecule has 0 aliphatic rings. The third kappa shape index (κ3) is 4.06. The minimum absolute atomic E-state index is 0.638. The van der Waals surface area contributed by atoms with Crippen LogP contribution < -0.4 is 10.0 Å². The molecule has 1 aromatic heterocycles. The van der Waals surface area contributed by atoms with Gasteiger partial charge in [-0.1, -0.05) is 29.5 Å². The zero-order valence-corrected chi connectivity index (χ0v) is 14.4. The van der Waals surface area contributed by atoms with Gasteiger partial charge in [-0.2, -0.15) is 5.26 Å². The van der Waals surface area contributed by atoms with Crippen LogP contribution in [-0.4, -0.2) is 15.8 Å². The Morgan fingerprint density at radius 2 is 1.92 bits per heavy atom. The van der Waals surface area contributed by atoms with Gasteiger partial charge in [0.15, 0.2) is 5.13 Å². The average Bonchev–Trinajstić information content (AvgIpc) is 3.03. The molecule has 7 heteroatoms. The second kappa shape index (κ2) is 7.36. The number of anilines is 3. The van der Waals surface area contributed by atoms with Crippen molar-refractivity contribution in [3.05, 3.63) is 60.3 Å². The molecule has 0 saturated heterocycles. The summed E-state index contributed by atoms with van der Waals surface area (Å²) in [6.45, 7) is 0. The number of hydrogen-bond donors (Lipinski definition) is 2. The summed E-state index contributed by atoms with van der Waals surface area (Å²) in [5.41, 5.74) is 3.31. The lowest BCUT2D eigenvalue weighted by atomic mass is 10.1. The number of hydrogen-bond acceptors (Lipinski definition) is 6. The molecule has 120 valence electrons. The SMILES string of the molecule is C[S+]([O-])Nc1cccc(Nc2ncc(-c3ccc(C#N)cc3)s2)c1. The fourth-order valence-corrected chi connectivity index (χ4v) is 3.43. The molecule has 3 rings (SSSR count). The maximum atomic E-state index is 11.2. The zero-order chi connectivity index (χ0) is 16.9. The number of nitriles is 1. The normalized spacial score (nSPS) is 11.5. The van der Waals surface area contributed by atoms with Gasteiger partial charge in [-0.15, -0.1) is 0 Å². The van der Waals surface area contributed by atoms with E-state index in [4.69, 9.17) is 5.26 Å². The summed E-state index contributed by atoms with van der Waals surface area (Å²) >= 11 is 0.420. The maximum absolute atomic E-state index is 11.2. The van der Waals surface area contributed by atoms with Gasteiger partial charge in [0.1, 0.15) is 6.26 Å². The lowest BCUT2D eigenvalue weighted by Crippen LogP contribution is -2.09. The molecule has 0 aliphatic heterocycles. The smallest absolute Gasteiger partial charge is 0.187 e. The average molecular weight is 354 g/mol. The highest BCUT2D eigenvalue weighted by atomic mass is 32.2. The predicted octanol–water partition coefficient (Wildman–Crippen LogP) is 4.13. The van der Waals surface area contributed by atoms with Crippen molar-refractivity contribution in [1.82, 2.24) is 4.98 Å². The Morgan fingerprint density at radius 3 is 2.62 bits per heavy atom. The van der Waals surface area contributed by atoms with E-state index in [1.54, 1.807) is 24.6 Å². The van der Waals surface area contributed by atoms with E-state index in [1.807, 2.05) is 36.4 Å². The van der Waals surface area contributed by atoms with Crippen LogP contribution in [0, 0.1) is 11.3 Å². The van der Waals surface area contributed by atoms with Crippen molar-refractivity contribution in [2.24, 2.45) is 0 Å². The van der Waals surface area contributed by atoms with E-state index in [0.717, 1.165) is 26.9 Å². The molecule has 0 amide bonds. The van der Waals surface area contributed by atoms with Gasteiger partial charge in [0, 0.05) is 11.9 Å². The molecule has 0 radical (unpaired) electrons. The highest BCUT2D eigenvalue weighted by molar-refractivity contribution is 7.92. The Kier molecular flexibility index (Phi) is 5.01. The number of aromatic nitrogens is 1. The Labute approximate surface area is 147 Å². The second-order valence-corrected chi connectivity index (χ2v) is 7.12. The van der Waals surface area contributed by atoms with Crippen molar-refractivity contribution in [1.29, 1.82) is 5.26 Å². The molecule has 24 heavy (non-hydrogen) atoms. The van der Waals surface area contributed by atoms with Crippen molar-refractivity contribution in [3.63, 3.8) is 0 Å². The van der Waals surface area contributed by atoms with Crippen molar-refractivity contribution < 1.29 is 4.55 Å². The Bertz CT molecular complexity index is 869. The molecule has 3 aromatic rings. The van der Waals surface area contributed by atoms with Crippen LogP contribution in [0.1, 0.15) is 5.56 Å². The van der Waals surface area contributed by atoms with E-state index in [-0.39, 0.29) is 0 Å². The molecule has 0 bridgehead atoms. The summed E-state index contributed by atoms with van der Waals surface area (Å²) < 4.78 is 14.1. The lowest BCUT2D eigenvalue weighted by molar-refractivity contribution is 0.605. The lowest BCUT2D eigenvalue weighted by Gasteiger charge is -2.08. The standard InChI is InChI=1S/C17H14N4OS2/c1-24(22)21-15-4-2-3-14(9-15)20-17-19-11-16(23-17)13-7-5-12(10-18)6-8-13/h2-9,11,21H,1H3,(H,19,20). The van der Waals surface area contributed by atoms with Crippen LogP contribution in [0.25, 0.3) is 10.4 Å². The van der Waals surface area contributed by atoms with Gasteiger partial charge in [0.25, 0.3) is 0 Å². The van der Waals surface area contributed by atoms with Crippen molar-refractivity contribution in [2.45, 2.75) is 0 Å². The molecule has 0 spiro atoms. The van der Waals surface area contributed by atoms with Crippen molar-refractivity contribution in [2.75, 3.05) is 16.3 Å². The van der Waals surface area contributed by atoms with E-state index in [2.05, 4.69) is 21.1 Å². The van der Waals surface area contributed by atoms with Crippen molar-refractivity contribution >= 4 is 39.2 Å². The molecule has 1 atom stereocenters. The fraction of sp³-hybridized carbons (Fsp3) is 0.0588. The molecule has 1 heterocycles. The van der Waals surface area contributed by atoms with Gasteiger partial charge in [0.05, 0.1) is 33.6 Å². The summed E-state index contributed by atoms with van der Waals surface area (Å²) in [7, 11) is 0. The summed E-state index contributed by atoms with van der Waals surface area (Å²) in [6.07, 6.45) is 3.39. The van der Waals surface area contributed by atoms with E-state index in [1.165, 1.54) is 11.3 Å². The van der Waals surface area contributed by atoms with E-state index in [9.17, 15) is 4.55 Å². The third-order valence-electron chi connectivity index (χ3n) is 3.18. The van der Waals surface area contributed by atoms with Crippen LogP contribution in [0.3, 0.4) is 0 Å². The largest absolute Gasteiger partial charge is 0.593 e. The molecular weight excluding hydrogens is 340 g/mol. The molecular formula is C17H14N4OS2. The second-order valence-electron chi connectivity index (χ2n) is 4.98. The summed E-state index contributed by atoms with van der Waals surface area (Å²) in [5.74, 6) is 0. The highest BCUT2D eigenvalue weighted by Gasteiger charge is 2.06. The Balaban J connectivity index is 1.75. The van der Waals surface area contributed by atoms with Gasteiger partial charge >= 0.3 is 0 Å². The van der Waals surface area contributed by atoms with Gasteiger partial charge in [-0.3, -0.25) is 0 Å². The number of thiazole rings is 1. The Morgan fingerprint density at radius 1 is 1.17 bits per heavy atom. The molecule has 0 saturated carbocycles. The highest BCUT2D eigenvalue weighted by Crippen LogP contribution is 2.31. The summed E-state index contributed by atoms with van der Waals surface area (Å²) in [5, 5.41) is 12.9. The monoisotopic (exact) mass is 354 g/mol. The molecule has 5 nitrogen and oxygen atoms in total. The fourth-order valence-electron chi connectivity index (χ4n) is 2.12. The van der Waals surface area contributed by atoms with Gasteiger partial charge in [-0.05, 0) is 35.9 Å². The molecule has 2 N–H and O–H groups in total. The first-order valence-corrected chi connectivity index (χ1v) is 9.45. The molecule has 0 aliphatic carbocycles. The number of nitrogens with one attached hydrogen (secondary N) is 2. The number of benzene rings is 2. The van der Waals surface area contributed by atoms with Crippen LogP contribution >= 0.6 is 11.3 Å². The first kappa shape index (κ1) is 16.3. The predicted molar refractivity (Wildman–Crippen MR) is 99.7 cm³/mol. The minimum Gasteiger partial charge on any atom is -0.593 e. The zero-order valence-electron chi connectivity index (χ0n) is 12.8. The van der Waals surface area contributed by atoms with Crippen LogP contribution in [0.15, 0.2) is 54.7 Å². The van der Waals surface area contributed by atoms with Gasteiger partial charge < -0.3 is 9.87 Å². The molecule has 1 unspecified atom stereocenters. The number of nitrogens with zero attached hydrogens (tertiary/aromatic N) is 2. The van der Waals surface area contributed by atoms with E-state index < -0.39 is 11.4 Å².